The molecule has 1 aromatic carbocycles. The predicted molar refractivity (Wildman–Crippen MR) is 71.5 cm³/mol. The predicted octanol–water partition coefficient (Wildman–Crippen LogP) is 0.487. The fourth-order valence-electron chi connectivity index (χ4n) is 2.73. The van der Waals surface area contributed by atoms with Gasteiger partial charge in [0.15, 0.2) is 0 Å². The number of para-hydroxylation sites is 1. The zero-order valence-corrected chi connectivity index (χ0v) is 10.7. The van der Waals surface area contributed by atoms with E-state index in [9.17, 15) is 9.59 Å². The van der Waals surface area contributed by atoms with E-state index in [1.807, 2.05) is 24.3 Å². The minimum absolute atomic E-state index is 0.0603. The number of nitrogens with zero attached hydrogens (tertiary/aromatic N) is 1. The van der Waals surface area contributed by atoms with E-state index in [-0.39, 0.29) is 30.4 Å². The molecule has 0 atom stereocenters. The summed E-state index contributed by atoms with van der Waals surface area (Å²) in [4.78, 5) is 25.0. The molecule has 1 aliphatic carbocycles. The van der Waals surface area contributed by atoms with Gasteiger partial charge in [0.25, 0.3) is 0 Å². The first kappa shape index (κ1) is 12.2. The minimum atomic E-state index is -0.342. The van der Waals surface area contributed by atoms with Gasteiger partial charge in [-0.1, -0.05) is 18.2 Å². The largest absolute Gasteiger partial charge is 0.345 e. The number of nitrogens with two attached hydrogens (primary N) is 1. The summed E-state index contributed by atoms with van der Waals surface area (Å²) in [6.07, 6.45) is 2.97. The third-order valence-corrected chi connectivity index (χ3v) is 4.02. The van der Waals surface area contributed by atoms with Gasteiger partial charge >= 0.3 is 0 Å². The maximum atomic E-state index is 12.0. The lowest BCUT2D eigenvalue weighted by molar-refractivity contribution is -0.128. The SMILES string of the molecule is NC1(c2ccccc2N2CC(=O)NCC2=O)CCC1. The molecule has 1 aliphatic heterocycles. The molecule has 2 amide bonds. The van der Waals surface area contributed by atoms with E-state index in [0.717, 1.165) is 30.5 Å². The molecule has 3 rings (SSSR count). The number of carbonyl (C=O) groups excluding carboxylic acids is 2. The van der Waals surface area contributed by atoms with Crippen molar-refractivity contribution in [3.05, 3.63) is 29.8 Å². The molecule has 0 aromatic heterocycles. The van der Waals surface area contributed by atoms with Crippen LogP contribution in [-0.2, 0) is 15.1 Å². The normalized spacial score (nSPS) is 21.8. The van der Waals surface area contributed by atoms with Crippen LogP contribution in [0.2, 0.25) is 0 Å². The van der Waals surface area contributed by atoms with Gasteiger partial charge in [-0.25, -0.2) is 0 Å². The van der Waals surface area contributed by atoms with Crippen molar-refractivity contribution in [2.24, 2.45) is 5.73 Å². The standard InChI is InChI=1S/C14H17N3O2/c15-14(6-3-7-14)10-4-1-2-5-11(10)17-9-12(18)16-8-13(17)19/h1-2,4-5H,3,6-9,15H2,(H,16,18). The van der Waals surface area contributed by atoms with Crippen molar-refractivity contribution in [3.8, 4) is 0 Å². The third kappa shape index (κ3) is 2.00. The van der Waals surface area contributed by atoms with Gasteiger partial charge in [0.05, 0.1) is 6.54 Å². The van der Waals surface area contributed by atoms with Crippen LogP contribution < -0.4 is 16.0 Å². The zero-order valence-electron chi connectivity index (χ0n) is 10.7. The van der Waals surface area contributed by atoms with Crippen LogP contribution in [0.4, 0.5) is 5.69 Å². The Morgan fingerprint density at radius 3 is 2.63 bits per heavy atom. The average Bonchev–Trinajstić information content (AvgIpc) is 2.39. The van der Waals surface area contributed by atoms with E-state index in [4.69, 9.17) is 5.73 Å². The van der Waals surface area contributed by atoms with Crippen LogP contribution in [0, 0.1) is 0 Å². The van der Waals surface area contributed by atoms with Crippen LogP contribution in [0.25, 0.3) is 0 Å². The molecular formula is C14H17N3O2. The highest BCUT2D eigenvalue weighted by Gasteiger charge is 2.38. The Morgan fingerprint density at radius 2 is 1.95 bits per heavy atom. The Balaban J connectivity index is 2.00. The lowest BCUT2D eigenvalue weighted by atomic mass is 9.72. The molecule has 1 aromatic rings. The third-order valence-electron chi connectivity index (χ3n) is 4.02. The summed E-state index contributed by atoms with van der Waals surface area (Å²) in [6, 6.07) is 7.65. The molecule has 2 aliphatic rings. The second kappa shape index (κ2) is 4.35. The monoisotopic (exact) mass is 259 g/mol. The van der Waals surface area contributed by atoms with Crippen LogP contribution in [-0.4, -0.2) is 24.9 Å². The van der Waals surface area contributed by atoms with E-state index in [2.05, 4.69) is 5.32 Å². The van der Waals surface area contributed by atoms with Crippen molar-refractivity contribution < 1.29 is 9.59 Å². The lowest BCUT2D eigenvalue weighted by Gasteiger charge is -2.41. The molecule has 1 heterocycles. The molecule has 1 saturated carbocycles. The molecule has 0 bridgehead atoms. The first-order valence-electron chi connectivity index (χ1n) is 6.56. The van der Waals surface area contributed by atoms with Gasteiger partial charge < -0.3 is 16.0 Å². The number of benzene rings is 1. The van der Waals surface area contributed by atoms with E-state index < -0.39 is 0 Å². The zero-order chi connectivity index (χ0) is 13.5. The Kier molecular flexibility index (Phi) is 2.78. The number of piperazine rings is 1. The van der Waals surface area contributed by atoms with Crippen molar-refractivity contribution in [2.75, 3.05) is 18.0 Å². The Labute approximate surface area is 111 Å². The topological polar surface area (TPSA) is 75.4 Å². The summed E-state index contributed by atoms with van der Waals surface area (Å²) in [5, 5.41) is 2.56. The van der Waals surface area contributed by atoms with Gasteiger partial charge in [-0.05, 0) is 30.9 Å². The Morgan fingerprint density at radius 1 is 1.21 bits per heavy atom. The second-order valence-corrected chi connectivity index (χ2v) is 5.28. The minimum Gasteiger partial charge on any atom is -0.345 e. The van der Waals surface area contributed by atoms with Crippen molar-refractivity contribution in [1.29, 1.82) is 0 Å². The van der Waals surface area contributed by atoms with Crippen LogP contribution >= 0.6 is 0 Å². The fraction of sp³-hybridized carbons (Fsp3) is 0.429. The first-order valence-corrected chi connectivity index (χ1v) is 6.56. The summed E-state index contributed by atoms with van der Waals surface area (Å²) in [6.45, 7) is 0.136. The Hall–Kier alpha value is -1.88. The molecule has 0 spiro atoms. The molecule has 5 nitrogen and oxygen atoms in total. The van der Waals surface area contributed by atoms with Crippen LogP contribution in [0.15, 0.2) is 24.3 Å². The maximum absolute atomic E-state index is 12.0. The number of hydrogen-bond acceptors (Lipinski definition) is 3. The van der Waals surface area contributed by atoms with Crippen molar-refractivity contribution in [3.63, 3.8) is 0 Å². The summed E-state index contributed by atoms with van der Waals surface area (Å²) < 4.78 is 0. The van der Waals surface area contributed by atoms with Crippen molar-refractivity contribution in [1.82, 2.24) is 5.32 Å². The molecule has 19 heavy (non-hydrogen) atoms. The van der Waals surface area contributed by atoms with Crippen LogP contribution in [0.5, 0.6) is 0 Å². The number of anilines is 1. The fourth-order valence-corrected chi connectivity index (χ4v) is 2.73. The first-order chi connectivity index (χ1) is 9.10. The lowest BCUT2D eigenvalue weighted by Crippen LogP contribution is -2.53. The van der Waals surface area contributed by atoms with Gasteiger partial charge in [0.2, 0.25) is 11.8 Å². The molecule has 3 N–H and O–H groups in total. The summed E-state index contributed by atoms with van der Waals surface area (Å²) in [7, 11) is 0. The molecule has 0 radical (unpaired) electrons. The highest BCUT2D eigenvalue weighted by Crippen LogP contribution is 2.42. The van der Waals surface area contributed by atoms with Crippen molar-refractivity contribution >= 4 is 17.5 Å². The molecule has 5 heteroatoms. The van der Waals surface area contributed by atoms with E-state index in [1.165, 1.54) is 0 Å². The molecule has 2 fully saturated rings. The second-order valence-electron chi connectivity index (χ2n) is 5.28. The number of hydrogen-bond donors (Lipinski definition) is 2. The average molecular weight is 259 g/mol. The summed E-state index contributed by atoms with van der Waals surface area (Å²) >= 11 is 0. The van der Waals surface area contributed by atoms with Crippen molar-refractivity contribution in [2.45, 2.75) is 24.8 Å². The van der Waals surface area contributed by atoms with Gasteiger partial charge in [-0.2, -0.15) is 0 Å². The molecule has 1 saturated heterocycles. The van der Waals surface area contributed by atoms with Gasteiger partial charge in [-0.3, -0.25) is 9.59 Å². The number of amides is 2. The van der Waals surface area contributed by atoms with E-state index >= 15 is 0 Å². The quantitative estimate of drug-likeness (QED) is 0.811. The van der Waals surface area contributed by atoms with Gasteiger partial charge in [0, 0.05) is 11.2 Å². The Bertz CT molecular complexity index is 537. The maximum Gasteiger partial charge on any atom is 0.246 e. The molecular weight excluding hydrogens is 242 g/mol. The summed E-state index contributed by atoms with van der Waals surface area (Å²) in [5.74, 6) is -0.218. The van der Waals surface area contributed by atoms with Gasteiger partial charge in [0.1, 0.15) is 6.54 Å². The van der Waals surface area contributed by atoms with Crippen LogP contribution in [0.3, 0.4) is 0 Å². The van der Waals surface area contributed by atoms with Gasteiger partial charge in [-0.15, -0.1) is 0 Å². The highest BCUT2D eigenvalue weighted by atomic mass is 16.2. The van der Waals surface area contributed by atoms with E-state index in [0.29, 0.717) is 0 Å². The number of nitrogens with one attached hydrogen (secondary N) is 1. The molecule has 0 unspecified atom stereocenters. The molecule has 100 valence electrons. The highest BCUT2D eigenvalue weighted by molar-refractivity contribution is 6.05. The van der Waals surface area contributed by atoms with Crippen LogP contribution in [0.1, 0.15) is 24.8 Å². The number of carbonyl (C=O) groups is 2. The van der Waals surface area contributed by atoms with E-state index in [1.54, 1.807) is 4.90 Å². The summed E-state index contributed by atoms with van der Waals surface area (Å²) in [5.41, 5.74) is 7.79. The number of rotatable bonds is 2. The smallest absolute Gasteiger partial charge is 0.246 e.